The van der Waals surface area contributed by atoms with Crippen LogP contribution in [0.15, 0.2) is 0 Å². The lowest BCUT2D eigenvalue weighted by molar-refractivity contribution is 0.229. The normalized spacial score (nSPS) is 18.7. The van der Waals surface area contributed by atoms with Crippen LogP contribution >= 0.6 is 0 Å². The van der Waals surface area contributed by atoms with Gasteiger partial charge in [0.05, 0.1) is 6.61 Å². The van der Waals surface area contributed by atoms with Gasteiger partial charge in [-0.1, -0.05) is 26.2 Å². The van der Waals surface area contributed by atoms with Gasteiger partial charge < -0.3 is 5.11 Å². The van der Waals surface area contributed by atoms with Crippen molar-refractivity contribution in [2.45, 2.75) is 51.5 Å². The molecule has 18 heavy (non-hydrogen) atoms. The Kier molecular flexibility index (Phi) is 6.55. The molecule has 1 aliphatic rings. The van der Waals surface area contributed by atoms with Crippen molar-refractivity contribution in [3.8, 4) is 0 Å². The molecule has 1 N–H and O–H groups in total. The molecule has 0 saturated heterocycles. The predicted molar refractivity (Wildman–Crippen MR) is 72.5 cm³/mol. The van der Waals surface area contributed by atoms with Crippen molar-refractivity contribution in [1.29, 1.82) is 0 Å². The van der Waals surface area contributed by atoms with Crippen LogP contribution in [0.5, 0.6) is 0 Å². The average molecular weight is 278 g/mol. The summed E-state index contributed by atoms with van der Waals surface area (Å²) in [5.74, 6) is 0. The van der Waals surface area contributed by atoms with Gasteiger partial charge in [-0.05, 0) is 19.3 Å². The van der Waals surface area contributed by atoms with E-state index in [0.29, 0.717) is 6.54 Å². The third kappa shape index (κ3) is 3.91. The first-order chi connectivity index (χ1) is 8.54. The molecule has 0 aromatic rings. The van der Waals surface area contributed by atoms with E-state index in [0.717, 1.165) is 32.1 Å². The topological polar surface area (TPSA) is 60.9 Å². The fraction of sp³-hybridized carbons (Fsp3) is 1.00. The molecule has 0 aromatic heterocycles. The number of aliphatic hydroxyl groups excluding tert-OH is 1. The number of aliphatic hydroxyl groups is 1. The largest absolute Gasteiger partial charge is 0.395 e. The molecule has 0 radical (unpaired) electrons. The second-order valence-electron chi connectivity index (χ2n) is 4.94. The highest BCUT2D eigenvalue weighted by Crippen LogP contribution is 2.24. The summed E-state index contributed by atoms with van der Waals surface area (Å²) in [6.45, 7) is 2.48. The Balaban J connectivity index is 2.74. The van der Waals surface area contributed by atoms with Gasteiger partial charge in [0.2, 0.25) is 0 Å². The smallest absolute Gasteiger partial charge is 0.282 e. The van der Waals surface area contributed by atoms with Crippen LogP contribution < -0.4 is 0 Å². The standard InChI is InChI=1S/C12H26N2O3S/c1-3-9-14(10-11-15)18(16,17)13(2)12-7-5-4-6-8-12/h12,15H,3-11H2,1-2H3. The number of hydrogen-bond donors (Lipinski definition) is 1. The SMILES string of the molecule is CCCN(CCO)S(=O)(=O)N(C)C1CCCCC1. The van der Waals surface area contributed by atoms with E-state index in [2.05, 4.69) is 0 Å². The van der Waals surface area contributed by atoms with Gasteiger partial charge in [-0.15, -0.1) is 0 Å². The summed E-state index contributed by atoms with van der Waals surface area (Å²) in [7, 11) is -1.75. The van der Waals surface area contributed by atoms with Gasteiger partial charge in [-0.3, -0.25) is 0 Å². The Morgan fingerprint density at radius 3 is 2.28 bits per heavy atom. The van der Waals surface area contributed by atoms with E-state index in [-0.39, 0.29) is 19.2 Å². The first-order valence-corrected chi connectivity index (χ1v) is 8.27. The molecule has 0 atom stereocenters. The number of rotatable bonds is 7. The maximum absolute atomic E-state index is 12.5. The molecule has 108 valence electrons. The molecule has 0 amide bonds. The van der Waals surface area contributed by atoms with Gasteiger partial charge in [0, 0.05) is 26.2 Å². The van der Waals surface area contributed by atoms with Crippen molar-refractivity contribution in [2.24, 2.45) is 0 Å². The lowest BCUT2D eigenvalue weighted by Crippen LogP contribution is -2.48. The zero-order valence-electron chi connectivity index (χ0n) is 11.5. The molecular formula is C12H26N2O3S. The zero-order chi connectivity index (χ0) is 13.6. The molecule has 1 rings (SSSR count). The molecule has 0 aromatic carbocycles. The van der Waals surface area contributed by atoms with Crippen LogP contribution in [0.3, 0.4) is 0 Å². The fourth-order valence-electron chi connectivity index (χ4n) is 2.52. The number of hydrogen-bond acceptors (Lipinski definition) is 3. The van der Waals surface area contributed by atoms with Crippen molar-refractivity contribution in [3.05, 3.63) is 0 Å². The van der Waals surface area contributed by atoms with Gasteiger partial charge in [0.1, 0.15) is 0 Å². The van der Waals surface area contributed by atoms with Gasteiger partial charge >= 0.3 is 0 Å². The maximum atomic E-state index is 12.5. The van der Waals surface area contributed by atoms with Crippen LogP contribution in [0, 0.1) is 0 Å². The van der Waals surface area contributed by atoms with E-state index in [1.165, 1.54) is 15.0 Å². The van der Waals surface area contributed by atoms with Gasteiger partial charge in [-0.2, -0.15) is 17.0 Å². The quantitative estimate of drug-likeness (QED) is 0.761. The lowest BCUT2D eigenvalue weighted by Gasteiger charge is -2.34. The molecule has 1 fully saturated rings. The van der Waals surface area contributed by atoms with Crippen molar-refractivity contribution >= 4 is 10.2 Å². The summed E-state index contributed by atoms with van der Waals surface area (Å²) < 4.78 is 27.8. The minimum atomic E-state index is -3.42. The first kappa shape index (κ1) is 15.9. The lowest BCUT2D eigenvalue weighted by atomic mass is 9.96. The Morgan fingerprint density at radius 1 is 1.17 bits per heavy atom. The van der Waals surface area contributed by atoms with E-state index >= 15 is 0 Å². The molecular weight excluding hydrogens is 252 g/mol. The molecule has 1 saturated carbocycles. The van der Waals surface area contributed by atoms with Crippen LogP contribution in [0.1, 0.15) is 45.4 Å². The maximum Gasteiger partial charge on any atom is 0.282 e. The summed E-state index contributed by atoms with van der Waals surface area (Å²) in [6, 6.07) is 0.127. The third-order valence-electron chi connectivity index (χ3n) is 3.60. The van der Waals surface area contributed by atoms with E-state index in [9.17, 15) is 8.42 Å². The van der Waals surface area contributed by atoms with Crippen molar-refractivity contribution in [3.63, 3.8) is 0 Å². The molecule has 0 aliphatic heterocycles. The molecule has 1 aliphatic carbocycles. The Hall–Kier alpha value is -0.170. The molecule has 0 unspecified atom stereocenters. The molecule has 0 bridgehead atoms. The average Bonchev–Trinajstić information content (AvgIpc) is 2.38. The Morgan fingerprint density at radius 2 is 1.78 bits per heavy atom. The minimum Gasteiger partial charge on any atom is -0.395 e. The first-order valence-electron chi connectivity index (χ1n) is 6.88. The number of nitrogens with zero attached hydrogens (tertiary/aromatic N) is 2. The zero-order valence-corrected chi connectivity index (χ0v) is 12.3. The van der Waals surface area contributed by atoms with Crippen LogP contribution in [-0.4, -0.2) is 54.9 Å². The van der Waals surface area contributed by atoms with Crippen LogP contribution in [-0.2, 0) is 10.2 Å². The van der Waals surface area contributed by atoms with Crippen LogP contribution in [0.25, 0.3) is 0 Å². The van der Waals surface area contributed by atoms with E-state index in [1.807, 2.05) is 6.92 Å². The van der Waals surface area contributed by atoms with E-state index in [4.69, 9.17) is 5.11 Å². The highest BCUT2D eigenvalue weighted by molar-refractivity contribution is 7.86. The molecule has 0 spiro atoms. The molecule has 6 heteroatoms. The second-order valence-corrected chi connectivity index (χ2v) is 6.93. The highest BCUT2D eigenvalue weighted by Gasteiger charge is 2.31. The van der Waals surface area contributed by atoms with Gasteiger partial charge in [0.25, 0.3) is 10.2 Å². The molecule has 0 heterocycles. The van der Waals surface area contributed by atoms with Crippen molar-refractivity contribution < 1.29 is 13.5 Å². The third-order valence-corrected chi connectivity index (χ3v) is 5.65. The summed E-state index contributed by atoms with van der Waals surface area (Å²) >= 11 is 0. The van der Waals surface area contributed by atoms with Gasteiger partial charge in [0.15, 0.2) is 0 Å². The van der Waals surface area contributed by atoms with Crippen LogP contribution in [0.4, 0.5) is 0 Å². The van der Waals surface area contributed by atoms with Crippen molar-refractivity contribution in [1.82, 2.24) is 8.61 Å². The Bertz CT molecular complexity index is 320. The second kappa shape index (κ2) is 7.43. The van der Waals surface area contributed by atoms with E-state index in [1.54, 1.807) is 7.05 Å². The monoisotopic (exact) mass is 278 g/mol. The summed E-state index contributed by atoms with van der Waals surface area (Å²) in [5.41, 5.74) is 0. The van der Waals surface area contributed by atoms with Crippen LogP contribution in [0.2, 0.25) is 0 Å². The summed E-state index contributed by atoms with van der Waals surface area (Å²) in [4.78, 5) is 0. The Labute approximate surface area is 111 Å². The van der Waals surface area contributed by atoms with E-state index < -0.39 is 10.2 Å². The van der Waals surface area contributed by atoms with Gasteiger partial charge in [-0.25, -0.2) is 0 Å². The predicted octanol–water partition coefficient (Wildman–Crippen LogP) is 1.20. The van der Waals surface area contributed by atoms with Crippen molar-refractivity contribution in [2.75, 3.05) is 26.7 Å². The minimum absolute atomic E-state index is 0.127. The molecule has 5 nitrogen and oxygen atoms in total. The summed E-state index contributed by atoms with van der Waals surface area (Å²) in [6.07, 6.45) is 6.09. The summed E-state index contributed by atoms with van der Waals surface area (Å²) in [5, 5.41) is 8.99. The fourth-order valence-corrected chi connectivity index (χ4v) is 4.20. The highest BCUT2D eigenvalue weighted by atomic mass is 32.2.